The molecule has 1 fully saturated rings. The molecule has 0 heterocycles. The summed E-state index contributed by atoms with van der Waals surface area (Å²) in [6, 6.07) is 13.7. The molecule has 0 spiro atoms. The summed E-state index contributed by atoms with van der Waals surface area (Å²) in [6.07, 6.45) is 0. The van der Waals surface area contributed by atoms with Crippen LogP contribution in [0.4, 0.5) is 0 Å². The summed E-state index contributed by atoms with van der Waals surface area (Å²) in [5.74, 6) is -0.365. The Morgan fingerprint density at radius 2 is 1.81 bits per heavy atom. The van der Waals surface area contributed by atoms with Crippen molar-refractivity contribution in [2.24, 2.45) is 11.1 Å². The SMILES string of the molecule is CCOC[C@]1(C(N)=S)[C@H](c2ccc(Br)cc2)[C@@H]1S(=O)(=O)c1ccc(Cl)cc1. The molecule has 2 aromatic carbocycles. The molecule has 2 N–H and O–H groups in total. The molecule has 0 amide bonds. The fraction of sp³-hybridized carbons (Fsp3) is 0.316. The smallest absolute Gasteiger partial charge is 0.182 e. The third-order valence-electron chi connectivity index (χ3n) is 4.97. The number of hydrogen-bond donors (Lipinski definition) is 1. The van der Waals surface area contributed by atoms with Gasteiger partial charge in [-0.1, -0.05) is 51.9 Å². The maximum atomic E-state index is 13.4. The molecule has 0 radical (unpaired) electrons. The average molecular weight is 489 g/mol. The molecule has 144 valence electrons. The summed E-state index contributed by atoms with van der Waals surface area (Å²) in [5.41, 5.74) is 6.01. The molecule has 0 aliphatic heterocycles. The van der Waals surface area contributed by atoms with Crippen LogP contribution >= 0.6 is 39.7 Å². The predicted octanol–water partition coefficient (Wildman–Crippen LogP) is 4.35. The number of hydrogen-bond acceptors (Lipinski definition) is 4. The zero-order valence-corrected chi connectivity index (χ0v) is 18.5. The van der Waals surface area contributed by atoms with Gasteiger partial charge in [-0.2, -0.15) is 0 Å². The van der Waals surface area contributed by atoms with Gasteiger partial charge in [0, 0.05) is 22.0 Å². The van der Waals surface area contributed by atoms with E-state index in [9.17, 15) is 8.42 Å². The van der Waals surface area contributed by atoms with Crippen molar-refractivity contribution in [3.8, 4) is 0 Å². The van der Waals surface area contributed by atoms with Crippen molar-refractivity contribution in [3.63, 3.8) is 0 Å². The molecule has 0 aromatic heterocycles. The maximum Gasteiger partial charge on any atom is 0.182 e. The molecular weight excluding hydrogens is 470 g/mol. The van der Waals surface area contributed by atoms with Gasteiger partial charge in [-0.25, -0.2) is 8.42 Å². The largest absolute Gasteiger partial charge is 0.393 e. The highest BCUT2D eigenvalue weighted by molar-refractivity contribution is 9.10. The van der Waals surface area contributed by atoms with E-state index >= 15 is 0 Å². The summed E-state index contributed by atoms with van der Waals surface area (Å²) < 4.78 is 33.4. The Bertz CT molecular complexity index is 948. The van der Waals surface area contributed by atoms with Crippen molar-refractivity contribution in [2.45, 2.75) is 23.0 Å². The van der Waals surface area contributed by atoms with Crippen molar-refractivity contribution in [2.75, 3.05) is 13.2 Å². The van der Waals surface area contributed by atoms with Crippen molar-refractivity contribution >= 4 is 54.6 Å². The van der Waals surface area contributed by atoms with E-state index in [1.54, 1.807) is 12.1 Å². The lowest BCUT2D eigenvalue weighted by Gasteiger charge is -2.17. The standard InChI is InChI=1S/C19H19BrClNO3S2/c1-2-25-11-19(18(22)26)16(12-3-5-13(20)6-4-12)17(19)27(23,24)15-9-7-14(21)8-10-15/h3-10,16-17H,2,11H2,1H3,(H2,22,26)/t16-,17+,19+/m1/s1. The topological polar surface area (TPSA) is 69.4 Å². The highest BCUT2D eigenvalue weighted by Gasteiger charge is 2.73. The summed E-state index contributed by atoms with van der Waals surface area (Å²) in [5, 5.41) is -0.305. The van der Waals surface area contributed by atoms with Crippen LogP contribution in [0.25, 0.3) is 0 Å². The molecule has 1 aliphatic carbocycles. The molecule has 3 atom stereocenters. The molecule has 0 bridgehead atoms. The first-order valence-corrected chi connectivity index (χ1v) is 11.5. The minimum Gasteiger partial charge on any atom is -0.393 e. The molecule has 0 saturated heterocycles. The van der Waals surface area contributed by atoms with E-state index in [-0.39, 0.29) is 22.4 Å². The third-order valence-corrected chi connectivity index (χ3v) is 8.42. The number of halogens is 2. The summed E-state index contributed by atoms with van der Waals surface area (Å²) >= 11 is 14.6. The molecule has 8 heteroatoms. The Balaban J connectivity index is 2.10. The molecule has 1 aliphatic rings. The van der Waals surface area contributed by atoms with Crippen LogP contribution in [-0.2, 0) is 14.6 Å². The monoisotopic (exact) mass is 487 g/mol. The molecule has 4 nitrogen and oxygen atoms in total. The lowest BCUT2D eigenvalue weighted by molar-refractivity contribution is 0.121. The second-order valence-electron chi connectivity index (χ2n) is 6.49. The van der Waals surface area contributed by atoms with E-state index in [2.05, 4.69) is 15.9 Å². The van der Waals surface area contributed by atoms with E-state index in [1.165, 1.54) is 12.1 Å². The van der Waals surface area contributed by atoms with E-state index in [0.717, 1.165) is 10.0 Å². The molecule has 3 rings (SSSR count). The van der Waals surface area contributed by atoms with Gasteiger partial charge in [0.25, 0.3) is 0 Å². The van der Waals surface area contributed by atoms with E-state index in [4.69, 9.17) is 34.3 Å². The van der Waals surface area contributed by atoms with E-state index < -0.39 is 20.5 Å². The van der Waals surface area contributed by atoms with Gasteiger partial charge in [0.05, 0.1) is 27.2 Å². The van der Waals surface area contributed by atoms with Gasteiger partial charge in [-0.15, -0.1) is 0 Å². The number of thiocarbonyl (C=S) groups is 1. The molecule has 1 saturated carbocycles. The minimum atomic E-state index is -3.69. The summed E-state index contributed by atoms with van der Waals surface area (Å²) in [6.45, 7) is 2.47. The zero-order chi connectivity index (χ0) is 19.8. The van der Waals surface area contributed by atoms with Crippen molar-refractivity contribution in [1.29, 1.82) is 0 Å². The average Bonchev–Trinajstić information content (AvgIpc) is 3.32. The van der Waals surface area contributed by atoms with Crippen LogP contribution in [0.1, 0.15) is 18.4 Å². The van der Waals surface area contributed by atoms with E-state index in [1.807, 2.05) is 31.2 Å². The fourth-order valence-corrected chi connectivity index (χ4v) is 6.74. The van der Waals surface area contributed by atoms with Crippen LogP contribution in [0, 0.1) is 5.41 Å². The Kier molecular flexibility index (Phi) is 5.99. The quantitative estimate of drug-likeness (QED) is 0.587. The first-order chi connectivity index (χ1) is 12.7. The van der Waals surface area contributed by atoms with Crippen molar-refractivity contribution in [3.05, 3.63) is 63.6 Å². The maximum absolute atomic E-state index is 13.4. The summed E-state index contributed by atoms with van der Waals surface area (Å²) in [4.78, 5) is 0.361. The normalized spacial score (nSPS) is 24.6. The van der Waals surface area contributed by atoms with Gasteiger partial charge in [-0.05, 0) is 48.9 Å². The van der Waals surface area contributed by atoms with Gasteiger partial charge in [0.2, 0.25) is 0 Å². The highest BCUT2D eigenvalue weighted by Crippen LogP contribution is 2.64. The van der Waals surface area contributed by atoms with Gasteiger partial charge in [0.15, 0.2) is 9.84 Å². The van der Waals surface area contributed by atoms with Crippen LogP contribution in [0.15, 0.2) is 57.9 Å². The van der Waals surface area contributed by atoms with Gasteiger partial charge in [0.1, 0.15) is 0 Å². The highest BCUT2D eigenvalue weighted by atomic mass is 79.9. The fourth-order valence-electron chi connectivity index (χ4n) is 3.58. The van der Waals surface area contributed by atoms with Gasteiger partial charge < -0.3 is 10.5 Å². The van der Waals surface area contributed by atoms with Crippen LogP contribution in [0.2, 0.25) is 5.02 Å². The number of sulfone groups is 1. The second kappa shape index (κ2) is 7.79. The van der Waals surface area contributed by atoms with Crippen LogP contribution in [-0.4, -0.2) is 31.9 Å². The second-order valence-corrected chi connectivity index (χ2v) is 10.4. The minimum absolute atomic E-state index is 0.159. The van der Waals surface area contributed by atoms with Crippen LogP contribution in [0.3, 0.4) is 0 Å². The van der Waals surface area contributed by atoms with Crippen molar-refractivity contribution in [1.82, 2.24) is 0 Å². The molecule has 2 aromatic rings. The molecular formula is C19H19BrClNO3S2. The Morgan fingerprint density at radius 3 is 2.33 bits per heavy atom. The Morgan fingerprint density at radius 1 is 1.22 bits per heavy atom. The van der Waals surface area contributed by atoms with Gasteiger partial charge >= 0.3 is 0 Å². The first-order valence-electron chi connectivity index (χ1n) is 8.37. The number of nitrogens with two attached hydrogens (primary N) is 1. The molecule has 0 unspecified atom stereocenters. The lowest BCUT2D eigenvalue weighted by Crippen LogP contribution is -2.33. The number of rotatable bonds is 7. The summed E-state index contributed by atoms with van der Waals surface area (Å²) in [7, 11) is -3.69. The third kappa shape index (κ3) is 3.68. The Labute approximate surface area is 178 Å². The lowest BCUT2D eigenvalue weighted by atomic mass is 10.00. The van der Waals surface area contributed by atoms with Crippen LogP contribution < -0.4 is 5.73 Å². The van der Waals surface area contributed by atoms with Gasteiger partial charge in [-0.3, -0.25) is 0 Å². The van der Waals surface area contributed by atoms with Crippen LogP contribution in [0.5, 0.6) is 0 Å². The zero-order valence-electron chi connectivity index (χ0n) is 14.6. The number of ether oxygens (including phenoxy) is 1. The predicted molar refractivity (Wildman–Crippen MR) is 115 cm³/mol. The van der Waals surface area contributed by atoms with Crippen molar-refractivity contribution < 1.29 is 13.2 Å². The van der Waals surface area contributed by atoms with E-state index in [0.29, 0.717) is 11.6 Å². The number of benzene rings is 2. The Hall–Kier alpha value is -0.990. The first kappa shape index (κ1) is 20.7. The molecule has 27 heavy (non-hydrogen) atoms.